The molecule has 0 bridgehead atoms. The van der Waals surface area contributed by atoms with Crippen LogP contribution in [0, 0.1) is 0 Å². The van der Waals surface area contributed by atoms with E-state index in [0.717, 1.165) is 25.0 Å². The van der Waals surface area contributed by atoms with Gasteiger partial charge in [0.15, 0.2) is 0 Å². The van der Waals surface area contributed by atoms with Crippen molar-refractivity contribution in [2.24, 2.45) is 0 Å². The first-order valence-corrected chi connectivity index (χ1v) is 10.5. The van der Waals surface area contributed by atoms with Gasteiger partial charge in [-0.15, -0.1) is 0 Å². The lowest BCUT2D eigenvalue weighted by atomic mass is 10.1. The minimum Gasteiger partial charge on any atom is -0.379 e. The maximum atomic E-state index is 12.7. The molecule has 6 heteroatoms. The second-order valence-electron chi connectivity index (χ2n) is 6.32. The summed E-state index contributed by atoms with van der Waals surface area (Å²) in [5, 5.41) is 0. The van der Waals surface area contributed by atoms with Crippen LogP contribution in [0.3, 0.4) is 0 Å². The van der Waals surface area contributed by atoms with Gasteiger partial charge in [-0.1, -0.05) is 48.5 Å². The molecular weight excluding hydrogens is 350 g/mol. The topological polar surface area (TPSA) is 64.6 Å². The van der Waals surface area contributed by atoms with E-state index >= 15 is 0 Å². The van der Waals surface area contributed by atoms with Crippen molar-refractivity contribution in [3.63, 3.8) is 0 Å². The normalized spacial score (nSPS) is 17.5. The Morgan fingerprint density at radius 2 is 1.85 bits per heavy atom. The Morgan fingerprint density at radius 3 is 2.62 bits per heavy atom. The maximum Gasteiger partial charge on any atom is 0.241 e. The van der Waals surface area contributed by atoms with E-state index < -0.39 is 10.0 Å². The van der Waals surface area contributed by atoms with Gasteiger partial charge in [-0.2, -0.15) is 0 Å². The molecule has 0 saturated carbocycles. The highest BCUT2D eigenvalue weighted by Gasteiger charge is 2.18. The predicted molar refractivity (Wildman–Crippen MR) is 101 cm³/mol. The molecule has 1 N–H and O–H groups in total. The van der Waals surface area contributed by atoms with Gasteiger partial charge in [-0.05, 0) is 30.9 Å². The van der Waals surface area contributed by atoms with Crippen molar-refractivity contribution in [3.8, 4) is 11.1 Å². The van der Waals surface area contributed by atoms with E-state index in [4.69, 9.17) is 9.47 Å². The molecule has 0 radical (unpaired) electrons. The van der Waals surface area contributed by atoms with Crippen LogP contribution in [0.15, 0.2) is 59.5 Å². The highest BCUT2D eigenvalue weighted by molar-refractivity contribution is 7.89. The molecule has 2 aromatic rings. The van der Waals surface area contributed by atoms with Crippen LogP contribution in [0.4, 0.5) is 0 Å². The van der Waals surface area contributed by atoms with Gasteiger partial charge in [0.05, 0.1) is 17.6 Å². The van der Waals surface area contributed by atoms with Gasteiger partial charge in [-0.3, -0.25) is 0 Å². The van der Waals surface area contributed by atoms with Crippen molar-refractivity contribution in [1.82, 2.24) is 4.72 Å². The summed E-state index contributed by atoms with van der Waals surface area (Å²) in [7, 11) is -3.57. The lowest BCUT2D eigenvalue weighted by Crippen LogP contribution is -2.26. The lowest BCUT2D eigenvalue weighted by Gasteiger charge is -2.12. The highest BCUT2D eigenvalue weighted by Crippen LogP contribution is 2.26. The molecule has 1 unspecified atom stereocenters. The molecule has 1 fully saturated rings. The fourth-order valence-corrected chi connectivity index (χ4v) is 4.31. The van der Waals surface area contributed by atoms with Gasteiger partial charge >= 0.3 is 0 Å². The Morgan fingerprint density at radius 1 is 1.08 bits per heavy atom. The molecule has 0 aliphatic carbocycles. The first-order chi connectivity index (χ1) is 12.7. The van der Waals surface area contributed by atoms with Crippen molar-refractivity contribution in [2.75, 3.05) is 26.4 Å². The molecule has 1 saturated heterocycles. The number of hydrogen-bond acceptors (Lipinski definition) is 4. The summed E-state index contributed by atoms with van der Waals surface area (Å²) in [6.07, 6.45) is 2.96. The van der Waals surface area contributed by atoms with Crippen molar-refractivity contribution >= 4 is 10.0 Å². The summed E-state index contributed by atoms with van der Waals surface area (Å²) in [5.74, 6) is 0. The predicted octanol–water partition coefficient (Wildman–Crippen LogP) is 3.22. The summed E-state index contributed by atoms with van der Waals surface area (Å²) in [6, 6.07) is 16.6. The molecule has 0 amide bonds. The van der Waals surface area contributed by atoms with Crippen LogP contribution in [0.1, 0.15) is 19.3 Å². The lowest BCUT2D eigenvalue weighted by molar-refractivity contribution is 0.0169. The van der Waals surface area contributed by atoms with Crippen LogP contribution in [0.25, 0.3) is 11.1 Å². The van der Waals surface area contributed by atoms with Gasteiger partial charge in [0.1, 0.15) is 0 Å². The van der Waals surface area contributed by atoms with Crippen LogP contribution >= 0.6 is 0 Å². The van der Waals surface area contributed by atoms with Gasteiger partial charge in [-0.25, -0.2) is 13.1 Å². The van der Waals surface area contributed by atoms with E-state index in [1.807, 2.05) is 42.5 Å². The summed E-state index contributed by atoms with van der Waals surface area (Å²) in [5.41, 5.74) is 1.59. The van der Waals surface area contributed by atoms with Gasteiger partial charge in [0.25, 0.3) is 0 Å². The molecule has 3 rings (SSSR count). The molecule has 0 spiro atoms. The number of nitrogens with one attached hydrogen (secondary N) is 1. The third kappa shape index (κ3) is 5.14. The summed E-state index contributed by atoms with van der Waals surface area (Å²) in [4.78, 5) is 0.298. The standard InChI is InChI=1S/C20H25NO4S/c22-26(23,21-13-7-14-24-16-18-10-6-15-25-18)20-12-5-4-11-19(20)17-8-2-1-3-9-17/h1-5,8-9,11-12,18,21H,6-7,10,13-16H2. The Hall–Kier alpha value is -1.73. The van der Waals surface area contributed by atoms with Crippen LogP contribution in [-0.4, -0.2) is 40.9 Å². The fourth-order valence-electron chi connectivity index (χ4n) is 3.01. The van der Waals surface area contributed by atoms with Crippen molar-refractivity contribution in [2.45, 2.75) is 30.3 Å². The van der Waals surface area contributed by atoms with E-state index in [9.17, 15) is 8.42 Å². The molecule has 26 heavy (non-hydrogen) atoms. The van der Waals surface area contributed by atoms with Gasteiger partial charge in [0.2, 0.25) is 10.0 Å². The molecule has 2 aromatic carbocycles. The van der Waals surface area contributed by atoms with E-state index in [2.05, 4.69) is 4.72 Å². The van der Waals surface area contributed by atoms with Gasteiger partial charge in [0, 0.05) is 25.3 Å². The van der Waals surface area contributed by atoms with Crippen LogP contribution in [0.2, 0.25) is 0 Å². The average Bonchev–Trinajstić information content (AvgIpc) is 3.19. The monoisotopic (exact) mass is 375 g/mol. The first kappa shape index (κ1) is 19.0. The van der Waals surface area contributed by atoms with Gasteiger partial charge < -0.3 is 9.47 Å². The molecule has 1 aliphatic rings. The SMILES string of the molecule is O=S(=O)(NCCCOCC1CCCO1)c1ccccc1-c1ccccc1. The highest BCUT2D eigenvalue weighted by atomic mass is 32.2. The van der Waals surface area contributed by atoms with Crippen LogP contribution in [-0.2, 0) is 19.5 Å². The number of sulfonamides is 1. The molecule has 5 nitrogen and oxygen atoms in total. The zero-order valence-corrected chi connectivity index (χ0v) is 15.6. The molecule has 140 valence electrons. The summed E-state index contributed by atoms with van der Waals surface area (Å²) >= 11 is 0. The molecule has 1 atom stereocenters. The minimum absolute atomic E-state index is 0.199. The summed E-state index contributed by atoms with van der Waals surface area (Å²) < 4.78 is 39.1. The molecule has 0 aromatic heterocycles. The van der Waals surface area contributed by atoms with Crippen LogP contribution in [0.5, 0.6) is 0 Å². The third-order valence-corrected chi connectivity index (χ3v) is 5.87. The maximum absolute atomic E-state index is 12.7. The number of hydrogen-bond donors (Lipinski definition) is 1. The minimum atomic E-state index is -3.57. The molecule has 1 aliphatic heterocycles. The van der Waals surface area contributed by atoms with Crippen LogP contribution < -0.4 is 4.72 Å². The number of ether oxygens (including phenoxy) is 2. The second-order valence-corrected chi connectivity index (χ2v) is 8.06. The summed E-state index contributed by atoms with van der Waals surface area (Å²) in [6.45, 7) is 2.26. The Balaban J connectivity index is 1.53. The second kappa shape index (κ2) is 9.28. The quantitative estimate of drug-likeness (QED) is 0.684. The fraction of sp³-hybridized carbons (Fsp3) is 0.400. The van der Waals surface area contributed by atoms with Crippen molar-refractivity contribution in [1.29, 1.82) is 0 Å². The number of rotatable bonds is 9. The third-order valence-electron chi connectivity index (χ3n) is 4.35. The Kier molecular flexibility index (Phi) is 6.80. The first-order valence-electron chi connectivity index (χ1n) is 9.00. The van der Waals surface area contributed by atoms with E-state index in [1.54, 1.807) is 12.1 Å². The Labute approximate surface area is 155 Å². The van der Waals surface area contributed by atoms with E-state index in [1.165, 1.54) is 0 Å². The van der Waals surface area contributed by atoms with Crippen molar-refractivity contribution < 1.29 is 17.9 Å². The van der Waals surface area contributed by atoms with Crippen molar-refractivity contribution in [3.05, 3.63) is 54.6 Å². The number of benzene rings is 2. The van der Waals surface area contributed by atoms with E-state index in [0.29, 0.717) is 36.6 Å². The molecular formula is C20H25NO4S. The van der Waals surface area contributed by atoms with E-state index in [-0.39, 0.29) is 6.10 Å². The smallest absolute Gasteiger partial charge is 0.241 e. The zero-order valence-electron chi connectivity index (χ0n) is 14.8. The largest absolute Gasteiger partial charge is 0.379 e. The average molecular weight is 375 g/mol. The molecule has 1 heterocycles. The zero-order chi connectivity index (χ0) is 18.2. The Bertz CT molecular complexity index is 786.